The molecule has 1 unspecified atom stereocenters. The van der Waals surface area contributed by atoms with Crippen molar-refractivity contribution in [1.82, 2.24) is 0 Å². The molecule has 0 aromatic heterocycles. The first kappa shape index (κ1) is 15.8. The van der Waals surface area contributed by atoms with Crippen LogP contribution >= 0.6 is 0 Å². The quantitative estimate of drug-likeness (QED) is 0.775. The second-order valence-electron chi connectivity index (χ2n) is 4.93. The number of aliphatic imine (C=N–C) groups is 1. The van der Waals surface area contributed by atoms with E-state index in [-0.39, 0.29) is 0 Å². The minimum atomic E-state index is -5.08. The number of carboxylic acids is 1. The summed E-state index contributed by atoms with van der Waals surface area (Å²) in [6.45, 7) is 0. The lowest BCUT2D eigenvalue weighted by atomic mass is 9.92. The number of aliphatic carboxylic acids is 1. The van der Waals surface area contributed by atoms with E-state index in [2.05, 4.69) is 4.99 Å². The predicted molar refractivity (Wildman–Crippen MR) is 64.9 cm³/mol. The third-order valence-electron chi connectivity index (χ3n) is 3.45. The zero-order valence-corrected chi connectivity index (χ0v) is 10.6. The smallest absolute Gasteiger partial charge is 0.475 e. The Morgan fingerprint density at radius 1 is 1.21 bits per heavy atom. The highest BCUT2D eigenvalue weighted by molar-refractivity contribution is 5.81. The Labute approximate surface area is 109 Å². The van der Waals surface area contributed by atoms with E-state index >= 15 is 0 Å². The summed E-state index contributed by atoms with van der Waals surface area (Å²) in [6, 6.07) is 0.584. The van der Waals surface area contributed by atoms with Gasteiger partial charge in [-0.2, -0.15) is 13.2 Å². The molecule has 0 saturated heterocycles. The number of amidine groups is 1. The molecule has 19 heavy (non-hydrogen) atoms. The molecule has 2 rings (SSSR count). The fraction of sp³-hybridized carbons (Fsp3) is 0.833. The molecular formula is C12H19F3N2O2. The first-order chi connectivity index (χ1) is 8.80. The van der Waals surface area contributed by atoms with E-state index in [1.54, 1.807) is 0 Å². The summed E-state index contributed by atoms with van der Waals surface area (Å²) in [5, 5.41) is 7.12. The molecule has 1 aliphatic heterocycles. The maximum atomic E-state index is 10.6. The second-order valence-corrected chi connectivity index (χ2v) is 4.93. The Morgan fingerprint density at radius 3 is 2.16 bits per heavy atom. The summed E-state index contributed by atoms with van der Waals surface area (Å²) >= 11 is 0. The molecule has 4 nitrogen and oxygen atoms in total. The van der Waals surface area contributed by atoms with Crippen LogP contribution in [0.3, 0.4) is 0 Å². The lowest BCUT2D eigenvalue weighted by Gasteiger charge is -2.23. The molecule has 1 atom stereocenters. The Balaban J connectivity index is 0.000000224. The van der Waals surface area contributed by atoms with E-state index in [1.807, 2.05) is 0 Å². The number of hydrogen-bond donors (Lipinski definition) is 2. The van der Waals surface area contributed by atoms with Crippen molar-refractivity contribution >= 4 is 11.8 Å². The highest BCUT2D eigenvalue weighted by atomic mass is 19.4. The minimum Gasteiger partial charge on any atom is -0.475 e. The van der Waals surface area contributed by atoms with Gasteiger partial charge in [-0.15, -0.1) is 0 Å². The molecule has 7 heteroatoms. The summed E-state index contributed by atoms with van der Waals surface area (Å²) in [5.41, 5.74) is 5.74. The van der Waals surface area contributed by atoms with E-state index in [0.29, 0.717) is 6.04 Å². The fourth-order valence-electron chi connectivity index (χ4n) is 2.52. The number of rotatable bonds is 1. The van der Waals surface area contributed by atoms with Crippen LogP contribution < -0.4 is 5.73 Å². The van der Waals surface area contributed by atoms with E-state index < -0.39 is 12.1 Å². The summed E-state index contributed by atoms with van der Waals surface area (Å²) in [4.78, 5) is 13.5. The molecule has 0 bridgehead atoms. The van der Waals surface area contributed by atoms with Gasteiger partial charge in [0.25, 0.3) is 0 Å². The van der Waals surface area contributed by atoms with Crippen LogP contribution in [0, 0.1) is 5.92 Å². The molecule has 1 saturated carbocycles. The molecule has 0 spiro atoms. The Hall–Kier alpha value is -1.27. The number of alkyl halides is 3. The van der Waals surface area contributed by atoms with Crippen LogP contribution in [0.25, 0.3) is 0 Å². The topological polar surface area (TPSA) is 75.7 Å². The maximum absolute atomic E-state index is 10.6. The number of halogens is 3. The summed E-state index contributed by atoms with van der Waals surface area (Å²) in [6.07, 6.45) is 4.10. The molecule has 0 radical (unpaired) electrons. The number of carboxylic acid groups (broad SMARTS) is 1. The zero-order valence-electron chi connectivity index (χ0n) is 10.6. The predicted octanol–water partition coefficient (Wildman–Crippen LogP) is 2.72. The van der Waals surface area contributed by atoms with Gasteiger partial charge in [-0.25, -0.2) is 4.79 Å². The Morgan fingerprint density at radius 2 is 1.74 bits per heavy atom. The van der Waals surface area contributed by atoms with Crippen molar-refractivity contribution in [2.45, 2.75) is 57.2 Å². The molecule has 110 valence electrons. The first-order valence-corrected chi connectivity index (χ1v) is 6.43. The lowest BCUT2D eigenvalue weighted by Crippen LogP contribution is -2.26. The number of nitrogens with zero attached hydrogens (tertiary/aromatic N) is 1. The van der Waals surface area contributed by atoms with Gasteiger partial charge in [0.2, 0.25) is 0 Å². The summed E-state index contributed by atoms with van der Waals surface area (Å²) in [5.74, 6) is -0.991. The third kappa shape index (κ3) is 5.48. The van der Waals surface area contributed by atoms with Gasteiger partial charge in [0, 0.05) is 6.42 Å². The van der Waals surface area contributed by atoms with Crippen LogP contribution in [-0.2, 0) is 4.79 Å². The van der Waals surface area contributed by atoms with Crippen LogP contribution in [0.4, 0.5) is 13.2 Å². The Bertz CT molecular complexity index is 336. The van der Waals surface area contributed by atoms with Crippen molar-refractivity contribution in [3.8, 4) is 0 Å². The van der Waals surface area contributed by atoms with Crippen molar-refractivity contribution in [3.05, 3.63) is 0 Å². The standard InChI is InChI=1S/C10H18N2.C2HF3O2/c11-10-7-3-6-9(12-10)8-4-1-2-5-8;3-2(4,5)1(6)7/h8-9H,1-7H2,(H2,11,12);(H,6,7). The monoisotopic (exact) mass is 280 g/mol. The fourth-order valence-corrected chi connectivity index (χ4v) is 2.52. The SMILES string of the molecule is NC1=NC(C2CCCC2)CCC1.O=C(O)C(F)(F)F. The van der Waals surface area contributed by atoms with Gasteiger partial charge < -0.3 is 10.8 Å². The summed E-state index contributed by atoms with van der Waals surface area (Å²) in [7, 11) is 0. The summed E-state index contributed by atoms with van der Waals surface area (Å²) < 4.78 is 31.7. The molecule has 2 aliphatic rings. The minimum absolute atomic E-state index is 0.584. The normalized spacial score (nSPS) is 24.4. The van der Waals surface area contributed by atoms with Crippen molar-refractivity contribution in [2.75, 3.05) is 0 Å². The molecule has 1 aliphatic carbocycles. The van der Waals surface area contributed by atoms with Crippen LogP contribution in [0.2, 0.25) is 0 Å². The number of carbonyl (C=O) groups is 1. The van der Waals surface area contributed by atoms with Crippen LogP contribution in [0.15, 0.2) is 4.99 Å². The van der Waals surface area contributed by atoms with Crippen LogP contribution in [0.1, 0.15) is 44.9 Å². The van der Waals surface area contributed by atoms with Crippen molar-refractivity contribution in [1.29, 1.82) is 0 Å². The van der Waals surface area contributed by atoms with Crippen LogP contribution in [-0.4, -0.2) is 29.1 Å². The van der Waals surface area contributed by atoms with Gasteiger partial charge in [-0.3, -0.25) is 4.99 Å². The average molecular weight is 280 g/mol. The van der Waals surface area contributed by atoms with Gasteiger partial charge in [0.1, 0.15) is 0 Å². The second kappa shape index (κ2) is 6.77. The Kier molecular flexibility index (Phi) is 5.62. The van der Waals surface area contributed by atoms with Crippen molar-refractivity contribution in [3.63, 3.8) is 0 Å². The number of hydrogen-bond acceptors (Lipinski definition) is 3. The van der Waals surface area contributed by atoms with E-state index in [1.165, 1.54) is 38.5 Å². The van der Waals surface area contributed by atoms with Gasteiger partial charge >= 0.3 is 12.1 Å². The molecule has 0 aromatic rings. The third-order valence-corrected chi connectivity index (χ3v) is 3.45. The van der Waals surface area contributed by atoms with E-state index in [9.17, 15) is 13.2 Å². The number of nitrogens with two attached hydrogens (primary N) is 1. The molecule has 1 fully saturated rings. The van der Waals surface area contributed by atoms with Crippen molar-refractivity contribution in [2.24, 2.45) is 16.6 Å². The molecule has 3 N–H and O–H groups in total. The van der Waals surface area contributed by atoms with Gasteiger partial charge in [-0.05, 0) is 31.6 Å². The van der Waals surface area contributed by atoms with Crippen molar-refractivity contribution < 1.29 is 23.1 Å². The molecule has 1 heterocycles. The largest absolute Gasteiger partial charge is 0.490 e. The van der Waals surface area contributed by atoms with E-state index in [4.69, 9.17) is 15.6 Å². The van der Waals surface area contributed by atoms with Gasteiger partial charge in [0.05, 0.1) is 11.9 Å². The molecule has 0 aromatic carbocycles. The average Bonchev–Trinajstić information content (AvgIpc) is 2.81. The molecular weight excluding hydrogens is 261 g/mol. The highest BCUT2D eigenvalue weighted by Gasteiger charge is 2.38. The maximum Gasteiger partial charge on any atom is 0.490 e. The molecule has 0 amide bonds. The van der Waals surface area contributed by atoms with Gasteiger partial charge in [0.15, 0.2) is 0 Å². The van der Waals surface area contributed by atoms with E-state index in [0.717, 1.165) is 18.2 Å². The van der Waals surface area contributed by atoms with Crippen LogP contribution in [0.5, 0.6) is 0 Å². The van der Waals surface area contributed by atoms with Gasteiger partial charge in [-0.1, -0.05) is 12.8 Å². The highest BCUT2D eigenvalue weighted by Crippen LogP contribution is 2.32. The lowest BCUT2D eigenvalue weighted by molar-refractivity contribution is -0.192. The first-order valence-electron chi connectivity index (χ1n) is 6.43. The zero-order chi connectivity index (χ0) is 14.5.